The van der Waals surface area contributed by atoms with Crippen LogP contribution in [0.15, 0.2) is 0 Å². The number of nitrogens with one attached hydrogen (secondary N) is 2. The molecule has 1 saturated carbocycles. The molecule has 2 aliphatic heterocycles. The minimum atomic E-state index is 0.0485. The quantitative estimate of drug-likeness (QED) is 0.780. The second-order valence-corrected chi connectivity index (χ2v) is 6.09. The van der Waals surface area contributed by atoms with E-state index in [1.54, 1.807) is 0 Å². The van der Waals surface area contributed by atoms with Crippen LogP contribution in [0, 0.1) is 0 Å². The number of hydrogen-bond acceptors (Lipinski definition) is 3. The highest BCUT2D eigenvalue weighted by molar-refractivity contribution is 5.82. The van der Waals surface area contributed by atoms with Crippen LogP contribution < -0.4 is 10.6 Å². The molecule has 2 N–H and O–H groups in total. The van der Waals surface area contributed by atoms with E-state index in [0.29, 0.717) is 6.04 Å². The highest BCUT2D eigenvalue weighted by Crippen LogP contribution is 2.39. The summed E-state index contributed by atoms with van der Waals surface area (Å²) >= 11 is 0. The normalized spacial score (nSPS) is 34.9. The molecule has 102 valence electrons. The summed E-state index contributed by atoms with van der Waals surface area (Å²) in [5.41, 5.74) is 0.0965. The van der Waals surface area contributed by atoms with Crippen molar-refractivity contribution in [2.75, 3.05) is 13.2 Å². The van der Waals surface area contributed by atoms with E-state index in [0.717, 1.165) is 38.8 Å². The van der Waals surface area contributed by atoms with E-state index in [-0.39, 0.29) is 17.6 Å². The van der Waals surface area contributed by atoms with E-state index in [4.69, 9.17) is 4.74 Å². The maximum absolute atomic E-state index is 12.1. The Labute approximate surface area is 109 Å². The minimum absolute atomic E-state index is 0.0485. The predicted molar refractivity (Wildman–Crippen MR) is 69.3 cm³/mol. The Morgan fingerprint density at radius 3 is 2.78 bits per heavy atom. The van der Waals surface area contributed by atoms with Gasteiger partial charge >= 0.3 is 0 Å². The molecule has 2 atom stereocenters. The van der Waals surface area contributed by atoms with Gasteiger partial charge in [0.2, 0.25) is 5.91 Å². The molecule has 0 bridgehead atoms. The Hall–Kier alpha value is -0.610. The first-order valence-corrected chi connectivity index (χ1v) is 7.45. The van der Waals surface area contributed by atoms with Crippen LogP contribution in [0.2, 0.25) is 0 Å². The van der Waals surface area contributed by atoms with Gasteiger partial charge in [0.1, 0.15) is 0 Å². The maximum atomic E-state index is 12.1. The van der Waals surface area contributed by atoms with Crippen molar-refractivity contribution in [2.45, 2.75) is 69.1 Å². The lowest BCUT2D eigenvalue weighted by Gasteiger charge is -2.38. The number of ether oxygens (including phenoxy) is 1. The first-order chi connectivity index (χ1) is 8.77. The van der Waals surface area contributed by atoms with Crippen LogP contribution in [0.1, 0.15) is 51.4 Å². The number of carbonyl (C=O) groups is 1. The Morgan fingerprint density at radius 2 is 2.06 bits per heavy atom. The topological polar surface area (TPSA) is 50.4 Å². The summed E-state index contributed by atoms with van der Waals surface area (Å²) < 4.78 is 6.00. The lowest BCUT2D eigenvalue weighted by Crippen LogP contribution is -2.51. The second-order valence-electron chi connectivity index (χ2n) is 6.09. The fourth-order valence-corrected chi connectivity index (χ4v) is 3.73. The van der Waals surface area contributed by atoms with E-state index in [2.05, 4.69) is 10.6 Å². The van der Waals surface area contributed by atoms with Crippen molar-refractivity contribution in [1.29, 1.82) is 0 Å². The zero-order valence-electron chi connectivity index (χ0n) is 11.0. The smallest absolute Gasteiger partial charge is 0.237 e. The molecule has 1 aliphatic carbocycles. The lowest BCUT2D eigenvalue weighted by molar-refractivity contribution is -0.126. The summed E-state index contributed by atoms with van der Waals surface area (Å²) in [6.07, 6.45) is 9.03. The van der Waals surface area contributed by atoms with E-state index in [1.165, 1.54) is 25.7 Å². The summed E-state index contributed by atoms with van der Waals surface area (Å²) in [6.45, 7) is 1.79. The third kappa shape index (κ3) is 2.54. The van der Waals surface area contributed by atoms with Gasteiger partial charge in [-0.05, 0) is 45.1 Å². The van der Waals surface area contributed by atoms with E-state index < -0.39 is 0 Å². The van der Waals surface area contributed by atoms with Crippen molar-refractivity contribution in [3.63, 3.8) is 0 Å². The summed E-state index contributed by atoms with van der Waals surface area (Å²) in [6, 6.07) is 0.374. The molecule has 0 aromatic carbocycles. The van der Waals surface area contributed by atoms with Gasteiger partial charge in [0.05, 0.1) is 11.6 Å². The average Bonchev–Trinajstić information content (AvgIpc) is 3.01. The van der Waals surface area contributed by atoms with Crippen LogP contribution in [0.5, 0.6) is 0 Å². The Bertz CT molecular complexity index is 307. The van der Waals surface area contributed by atoms with Gasteiger partial charge in [-0.3, -0.25) is 4.79 Å². The highest BCUT2D eigenvalue weighted by atomic mass is 16.5. The van der Waals surface area contributed by atoms with Gasteiger partial charge in [-0.1, -0.05) is 12.8 Å². The molecule has 3 aliphatic rings. The molecular weight excluding hydrogens is 228 g/mol. The van der Waals surface area contributed by atoms with Crippen molar-refractivity contribution < 1.29 is 9.53 Å². The first-order valence-electron chi connectivity index (χ1n) is 7.45. The summed E-state index contributed by atoms with van der Waals surface area (Å²) in [4.78, 5) is 12.1. The standard InChI is InChI=1S/C14H24N2O2/c17-13(12-4-3-8-15-12)16-11-5-9-18-14(10-11)6-1-2-7-14/h11-12,15H,1-10H2,(H,16,17). The molecule has 4 nitrogen and oxygen atoms in total. The number of rotatable bonds is 2. The second kappa shape index (κ2) is 5.17. The summed E-state index contributed by atoms with van der Waals surface area (Å²) in [7, 11) is 0. The first kappa shape index (κ1) is 12.4. The van der Waals surface area contributed by atoms with Gasteiger partial charge in [0.25, 0.3) is 0 Å². The minimum Gasteiger partial charge on any atom is -0.375 e. The van der Waals surface area contributed by atoms with Crippen LogP contribution in [-0.4, -0.2) is 36.7 Å². The Morgan fingerprint density at radius 1 is 1.22 bits per heavy atom. The summed E-state index contributed by atoms with van der Waals surface area (Å²) in [5, 5.41) is 6.49. The Kier molecular flexibility index (Phi) is 3.57. The van der Waals surface area contributed by atoms with Crippen molar-refractivity contribution >= 4 is 5.91 Å². The van der Waals surface area contributed by atoms with Gasteiger partial charge in [0.15, 0.2) is 0 Å². The zero-order valence-corrected chi connectivity index (χ0v) is 11.0. The molecule has 0 radical (unpaired) electrons. The van der Waals surface area contributed by atoms with Crippen LogP contribution in [0.4, 0.5) is 0 Å². The molecule has 0 aromatic heterocycles. The lowest BCUT2D eigenvalue weighted by atomic mass is 9.89. The third-order valence-corrected chi connectivity index (χ3v) is 4.73. The van der Waals surface area contributed by atoms with Crippen molar-refractivity contribution in [2.24, 2.45) is 0 Å². The zero-order chi connectivity index (χ0) is 12.4. The van der Waals surface area contributed by atoms with Gasteiger partial charge in [-0.15, -0.1) is 0 Å². The van der Waals surface area contributed by atoms with Crippen molar-refractivity contribution in [1.82, 2.24) is 10.6 Å². The van der Waals surface area contributed by atoms with Gasteiger partial charge in [0, 0.05) is 12.6 Å². The molecule has 18 heavy (non-hydrogen) atoms. The fraction of sp³-hybridized carbons (Fsp3) is 0.929. The van der Waals surface area contributed by atoms with Gasteiger partial charge in [-0.2, -0.15) is 0 Å². The molecule has 0 aromatic rings. The molecule has 2 saturated heterocycles. The third-order valence-electron chi connectivity index (χ3n) is 4.73. The van der Waals surface area contributed by atoms with Crippen LogP contribution >= 0.6 is 0 Å². The fourth-order valence-electron chi connectivity index (χ4n) is 3.73. The van der Waals surface area contributed by atoms with Crippen molar-refractivity contribution in [3.8, 4) is 0 Å². The SMILES string of the molecule is O=C(NC1CCOC2(CCCC2)C1)C1CCCN1. The number of amides is 1. The molecule has 4 heteroatoms. The van der Waals surface area contributed by atoms with Crippen molar-refractivity contribution in [3.05, 3.63) is 0 Å². The van der Waals surface area contributed by atoms with E-state index >= 15 is 0 Å². The van der Waals surface area contributed by atoms with E-state index in [9.17, 15) is 4.79 Å². The average molecular weight is 252 g/mol. The molecule has 3 fully saturated rings. The number of carbonyl (C=O) groups excluding carboxylic acids is 1. The van der Waals surface area contributed by atoms with Gasteiger partial charge in [-0.25, -0.2) is 0 Å². The number of hydrogen-bond donors (Lipinski definition) is 2. The molecule has 3 rings (SSSR count). The molecule has 2 unspecified atom stereocenters. The highest BCUT2D eigenvalue weighted by Gasteiger charge is 2.40. The Balaban J connectivity index is 1.54. The van der Waals surface area contributed by atoms with Crippen LogP contribution in [0.3, 0.4) is 0 Å². The predicted octanol–water partition coefficient (Wildman–Crippen LogP) is 1.35. The largest absolute Gasteiger partial charge is 0.375 e. The molecule has 1 spiro atoms. The van der Waals surface area contributed by atoms with Crippen LogP contribution in [0.25, 0.3) is 0 Å². The van der Waals surface area contributed by atoms with Gasteiger partial charge < -0.3 is 15.4 Å². The summed E-state index contributed by atoms with van der Waals surface area (Å²) in [5.74, 6) is 0.201. The monoisotopic (exact) mass is 252 g/mol. The molecule has 1 amide bonds. The van der Waals surface area contributed by atoms with Crippen LogP contribution in [-0.2, 0) is 9.53 Å². The van der Waals surface area contributed by atoms with E-state index in [1.807, 2.05) is 0 Å². The molecular formula is C14H24N2O2. The maximum Gasteiger partial charge on any atom is 0.237 e. The molecule has 2 heterocycles.